The van der Waals surface area contributed by atoms with Crippen molar-refractivity contribution in [3.8, 4) is 22.5 Å². The molecule has 0 fully saturated rings. The van der Waals surface area contributed by atoms with Crippen molar-refractivity contribution in [2.75, 3.05) is 11.1 Å². The molecule has 336 valence electrons. The molecule has 0 aliphatic heterocycles. The van der Waals surface area contributed by atoms with Gasteiger partial charge in [0.25, 0.3) is 0 Å². The molecular formula is C50H55BrN10O4. The van der Waals surface area contributed by atoms with E-state index in [1.807, 2.05) is 96.4 Å². The van der Waals surface area contributed by atoms with Crippen LogP contribution < -0.4 is 11.1 Å². The fraction of sp³-hybridized carbons (Fsp3) is 0.280. The van der Waals surface area contributed by atoms with Crippen molar-refractivity contribution in [2.45, 2.75) is 92.5 Å². The quantitative estimate of drug-likeness (QED) is 0.138. The van der Waals surface area contributed by atoms with E-state index in [0.29, 0.717) is 34.8 Å². The van der Waals surface area contributed by atoms with Crippen molar-refractivity contribution in [3.63, 3.8) is 0 Å². The number of nitrogens with one attached hydrogen (secondary N) is 1. The lowest BCUT2D eigenvalue weighted by molar-refractivity contribution is 0.00570. The Kier molecular flexibility index (Phi) is 14.8. The van der Waals surface area contributed by atoms with E-state index in [2.05, 4.69) is 95.4 Å². The smallest absolute Gasteiger partial charge is 0.338 e. The van der Waals surface area contributed by atoms with Gasteiger partial charge in [0.2, 0.25) is 11.9 Å². The fourth-order valence-electron chi connectivity index (χ4n) is 6.69. The molecule has 2 aromatic carbocycles. The summed E-state index contributed by atoms with van der Waals surface area (Å²) in [5.41, 5.74) is 12.3. The number of hydrogen-bond acceptors (Lipinski definition) is 12. The molecule has 3 N–H and O–H groups in total. The first kappa shape index (κ1) is 47.5. The Balaban J connectivity index is 0.000000179. The van der Waals surface area contributed by atoms with Crippen LogP contribution in [-0.2, 0) is 9.47 Å². The number of benzene rings is 2. The summed E-state index contributed by atoms with van der Waals surface area (Å²) in [5.74, 6) is 0.0741. The number of carbonyl (C=O) groups excluding carboxylic acids is 2. The minimum atomic E-state index is -0.553. The number of ether oxygens (including phenoxy) is 2. The summed E-state index contributed by atoms with van der Waals surface area (Å²) in [7, 11) is 0. The highest BCUT2D eigenvalue weighted by atomic mass is 79.9. The Morgan fingerprint density at radius 2 is 1.14 bits per heavy atom. The molecule has 0 radical (unpaired) electrons. The lowest BCUT2D eigenvalue weighted by Crippen LogP contribution is -2.23. The number of carbonyl (C=O) groups is 2. The maximum absolute atomic E-state index is 12.4. The summed E-state index contributed by atoms with van der Waals surface area (Å²) in [5, 5.41) is 5.42. The van der Waals surface area contributed by atoms with Gasteiger partial charge >= 0.3 is 11.9 Å². The summed E-state index contributed by atoms with van der Waals surface area (Å²) in [6, 6.07) is 22.7. The highest BCUT2D eigenvalue weighted by Crippen LogP contribution is 2.33. The van der Waals surface area contributed by atoms with Crippen molar-refractivity contribution in [3.05, 3.63) is 138 Å². The van der Waals surface area contributed by atoms with Crippen LogP contribution >= 0.6 is 15.9 Å². The van der Waals surface area contributed by atoms with Gasteiger partial charge in [-0.1, -0.05) is 28.1 Å². The van der Waals surface area contributed by atoms with Crippen molar-refractivity contribution in [1.29, 1.82) is 0 Å². The summed E-state index contributed by atoms with van der Waals surface area (Å²) in [6.07, 6.45) is 14.9. The maximum atomic E-state index is 12.4. The van der Waals surface area contributed by atoms with Gasteiger partial charge in [-0.3, -0.25) is 9.97 Å². The third kappa shape index (κ3) is 12.6. The molecule has 14 nitrogen and oxygen atoms in total. The van der Waals surface area contributed by atoms with Crippen molar-refractivity contribution < 1.29 is 19.1 Å². The Morgan fingerprint density at radius 1 is 0.646 bits per heavy atom. The molecule has 0 spiro atoms. The molecule has 0 amide bonds. The monoisotopic (exact) mass is 938 g/mol. The number of aromatic nitrogens is 8. The van der Waals surface area contributed by atoms with Crippen LogP contribution in [0.15, 0.2) is 127 Å². The number of fused-ring (bicyclic) bond motifs is 2. The number of anilines is 3. The van der Waals surface area contributed by atoms with E-state index in [-0.39, 0.29) is 17.9 Å². The SMILES string of the molecule is CC(C)(C)OC(=O)c1cccc(Br)c1.CC(C)n1cc(-c2ccnc(N)n2)c2ccncc21.CC(C)n1cc(-c2ccnc(Nc3cccc(C(=O)OC(C)(C)C)c3)n2)c2ccncc21. The van der Waals surface area contributed by atoms with Crippen LogP contribution in [0.1, 0.15) is 102 Å². The number of halogens is 1. The number of rotatable bonds is 8. The Hall–Kier alpha value is -7.00. The summed E-state index contributed by atoms with van der Waals surface area (Å²) in [6.45, 7) is 19.7. The van der Waals surface area contributed by atoms with Crippen molar-refractivity contribution >= 4 is 67.3 Å². The van der Waals surface area contributed by atoms with E-state index in [9.17, 15) is 9.59 Å². The Morgan fingerprint density at radius 3 is 1.63 bits per heavy atom. The van der Waals surface area contributed by atoms with Gasteiger partial charge in [0, 0.05) is 81.3 Å². The zero-order chi connectivity index (χ0) is 47.1. The molecule has 0 aliphatic carbocycles. The van der Waals surface area contributed by atoms with E-state index in [4.69, 9.17) is 20.2 Å². The molecule has 0 saturated heterocycles. The lowest BCUT2D eigenvalue weighted by atomic mass is 10.1. The van der Waals surface area contributed by atoms with Crippen LogP contribution in [-0.4, -0.2) is 62.2 Å². The normalized spacial score (nSPS) is 11.5. The van der Waals surface area contributed by atoms with Gasteiger partial charge in [-0.05, 0) is 130 Å². The molecule has 0 unspecified atom stereocenters. The lowest BCUT2D eigenvalue weighted by Gasteiger charge is -2.19. The predicted molar refractivity (Wildman–Crippen MR) is 261 cm³/mol. The number of nitrogen functional groups attached to an aromatic ring is 1. The molecular weight excluding hydrogens is 885 g/mol. The van der Waals surface area contributed by atoms with E-state index >= 15 is 0 Å². The highest BCUT2D eigenvalue weighted by molar-refractivity contribution is 9.10. The second-order valence-electron chi connectivity index (χ2n) is 17.7. The van der Waals surface area contributed by atoms with E-state index < -0.39 is 11.2 Å². The third-order valence-corrected chi connectivity index (χ3v) is 9.97. The molecule has 8 rings (SSSR count). The van der Waals surface area contributed by atoms with Gasteiger partial charge in [0.05, 0.1) is 45.9 Å². The predicted octanol–water partition coefficient (Wildman–Crippen LogP) is 11.8. The number of esters is 2. The summed E-state index contributed by atoms with van der Waals surface area (Å²) >= 11 is 3.30. The average molecular weight is 940 g/mol. The molecule has 8 aromatic rings. The maximum Gasteiger partial charge on any atom is 0.338 e. The number of pyridine rings is 2. The largest absolute Gasteiger partial charge is 0.456 e. The van der Waals surface area contributed by atoms with Gasteiger partial charge in [-0.15, -0.1) is 0 Å². The minimum Gasteiger partial charge on any atom is -0.456 e. The van der Waals surface area contributed by atoms with Crippen LogP contribution in [0.5, 0.6) is 0 Å². The fourth-order valence-corrected chi connectivity index (χ4v) is 7.09. The van der Waals surface area contributed by atoms with Crippen LogP contribution in [0.4, 0.5) is 17.6 Å². The third-order valence-electron chi connectivity index (χ3n) is 9.48. The Labute approximate surface area is 387 Å². The van der Waals surface area contributed by atoms with Gasteiger partial charge in [0.15, 0.2) is 0 Å². The molecule has 6 heterocycles. The first-order valence-corrected chi connectivity index (χ1v) is 22.0. The summed E-state index contributed by atoms with van der Waals surface area (Å²) in [4.78, 5) is 49.8. The first-order chi connectivity index (χ1) is 30.8. The van der Waals surface area contributed by atoms with Gasteiger partial charge in [0.1, 0.15) is 11.2 Å². The van der Waals surface area contributed by atoms with Gasteiger partial charge in [-0.25, -0.2) is 29.5 Å². The highest BCUT2D eigenvalue weighted by Gasteiger charge is 2.20. The summed E-state index contributed by atoms with van der Waals surface area (Å²) < 4.78 is 15.9. The molecule has 0 saturated carbocycles. The van der Waals surface area contributed by atoms with E-state index in [0.717, 1.165) is 48.8 Å². The van der Waals surface area contributed by atoms with Gasteiger partial charge < -0.3 is 29.7 Å². The van der Waals surface area contributed by atoms with Gasteiger partial charge in [-0.2, -0.15) is 0 Å². The molecule has 0 aliphatic rings. The van der Waals surface area contributed by atoms with E-state index in [1.54, 1.807) is 55.1 Å². The van der Waals surface area contributed by atoms with E-state index in [1.165, 1.54) is 0 Å². The minimum absolute atomic E-state index is 0.289. The molecule has 15 heteroatoms. The zero-order valence-electron chi connectivity index (χ0n) is 38.4. The molecule has 0 atom stereocenters. The standard InChI is InChI=1S/C25H27N5O2.C14H15N5.C11H13BrO2/c1-16(2)30-15-20(19-9-11-26-14-22(19)30)21-10-12-27-24(29-21)28-18-8-6-7-17(13-18)23(31)32-25(3,4)5;1-9(2)19-8-11(10-3-5-16-7-13(10)19)12-4-6-17-14(15)18-12;1-11(2,3)14-10(13)8-5-4-6-9(12)7-8/h6-16H,1-5H3,(H,27,28,29);3-9H,1-2H3,(H2,15,17,18);4-7H,1-3H3. The second-order valence-corrected chi connectivity index (χ2v) is 18.6. The first-order valence-electron chi connectivity index (χ1n) is 21.2. The molecule has 65 heavy (non-hydrogen) atoms. The zero-order valence-corrected chi connectivity index (χ0v) is 40.0. The number of hydrogen-bond donors (Lipinski definition) is 2. The Bertz CT molecular complexity index is 2930. The number of nitrogens with two attached hydrogens (primary N) is 1. The molecule has 6 aromatic heterocycles. The number of nitrogens with zero attached hydrogens (tertiary/aromatic N) is 8. The van der Waals surface area contributed by atoms with Crippen LogP contribution in [0.2, 0.25) is 0 Å². The molecule has 0 bridgehead atoms. The average Bonchev–Trinajstić information content (AvgIpc) is 3.84. The van der Waals surface area contributed by atoms with Crippen LogP contribution in [0, 0.1) is 0 Å². The van der Waals surface area contributed by atoms with Crippen LogP contribution in [0.3, 0.4) is 0 Å². The van der Waals surface area contributed by atoms with Crippen molar-refractivity contribution in [1.82, 2.24) is 39.0 Å². The topological polar surface area (TPSA) is 178 Å². The second kappa shape index (κ2) is 20.2. The van der Waals surface area contributed by atoms with Crippen LogP contribution in [0.25, 0.3) is 44.3 Å². The van der Waals surface area contributed by atoms with Crippen molar-refractivity contribution in [2.24, 2.45) is 0 Å².